The number of hydrazone groups is 1. The van der Waals surface area contributed by atoms with Gasteiger partial charge in [0, 0.05) is 17.1 Å². The van der Waals surface area contributed by atoms with Gasteiger partial charge in [-0.25, -0.2) is 18.2 Å². The Morgan fingerprint density at radius 1 is 1.03 bits per heavy atom. The van der Waals surface area contributed by atoms with Crippen LogP contribution in [0, 0.1) is 5.82 Å². The first-order valence-electron chi connectivity index (χ1n) is 9.83. The molecule has 1 N–H and O–H groups in total. The Kier molecular flexibility index (Phi) is 8.57. The highest BCUT2D eigenvalue weighted by Gasteiger charge is 2.28. The molecular formula is C23H20Cl2FN3O3S. The average Bonchev–Trinajstić information content (AvgIpc) is 2.80. The molecule has 0 saturated carbocycles. The van der Waals surface area contributed by atoms with E-state index in [-0.39, 0.29) is 27.0 Å². The molecule has 0 aliphatic rings. The van der Waals surface area contributed by atoms with Crippen LogP contribution in [0.15, 0.2) is 82.8 Å². The Morgan fingerprint density at radius 2 is 1.73 bits per heavy atom. The van der Waals surface area contributed by atoms with E-state index in [0.717, 1.165) is 16.1 Å². The second-order valence-electron chi connectivity index (χ2n) is 6.96. The van der Waals surface area contributed by atoms with Crippen LogP contribution < -0.4 is 5.43 Å². The van der Waals surface area contributed by atoms with Crippen LogP contribution in [-0.4, -0.2) is 37.9 Å². The van der Waals surface area contributed by atoms with Crippen molar-refractivity contribution in [1.82, 2.24) is 9.73 Å². The van der Waals surface area contributed by atoms with E-state index >= 15 is 0 Å². The summed E-state index contributed by atoms with van der Waals surface area (Å²) in [5.41, 5.74) is 3.31. The Hall–Kier alpha value is -2.78. The van der Waals surface area contributed by atoms with E-state index in [1.54, 1.807) is 6.07 Å². The standard InChI is InChI=1S/C23H20Cl2FN3O3S/c24-19-10-11-20(25)22(14-19)33(31,32)29(13-12-17-6-2-1-3-7-17)16-23(30)28-27-15-18-8-4-5-9-21(18)26/h1-11,14-15H,12-13,16H2,(H,28,30)/b27-15-. The quantitative estimate of drug-likeness (QED) is 0.341. The van der Waals surface area contributed by atoms with E-state index in [2.05, 4.69) is 10.5 Å². The topological polar surface area (TPSA) is 78.8 Å². The molecule has 0 saturated heterocycles. The number of nitrogens with zero attached hydrogens (tertiary/aromatic N) is 2. The van der Waals surface area contributed by atoms with Crippen molar-refractivity contribution >= 4 is 45.3 Å². The molecule has 0 unspecified atom stereocenters. The van der Waals surface area contributed by atoms with Gasteiger partial charge < -0.3 is 0 Å². The van der Waals surface area contributed by atoms with Gasteiger partial charge in [0.15, 0.2) is 0 Å². The summed E-state index contributed by atoms with van der Waals surface area (Å²) in [6, 6.07) is 19.2. The summed E-state index contributed by atoms with van der Waals surface area (Å²) >= 11 is 12.1. The Labute approximate surface area is 201 Å². The highest BCUT2D eigenvalue weighted by atomic mass is 35.5. The molecule has 172 valence electrons. The lowest BCUT2D eigenvalue weighted by atomic mass is 10.1. The minimum absolute atomic E-state index is 0.0120. The van der Waals surface area contributed by atoms with Crippen molar-refractivity contribution in [2.45, 2.75) is 11.3 Å². The first-order chi connectivity index (χ1) is 15.8. The Balaban J connectivity index is 1.79. The Morgan fingerprint density at radius 3 is 2.45 bits per heavy atom. The second kappa shape index (κ2) is 11.4. The number of carbonyl (C=O) groups is 1. The third kappa shape index (κ3) is 6.85. The van der Waals surface area contributed by atoms with E-state index < -0.39 is 28.3 Å². The van der Waals surface area contributed by atoms with Crippen LogP contribution in [-0.2, 0) is 21.2 Å². The zero-order chi connectivity index (χ0) is 23.8. The van der Waals surface area contributed by atoms with Gasteiger partial charge in [-0.3, -0.25) is 4.79 Å². The number of carbonyl (C=O) groups excluding carboxylic acids is 1. The summed E-state index contributed by atoms with van der Waals surface area (Å²) in [5, 5.41) is 3.91. The number of halogens is 3. The number of benzene rings is 3. The molecule has 0 radical (unpaired) electrons. The maximum Gasteiger partial charge on any atom is 0.255 e. The largest absolute Gasteiger partial charge is 0.272 e. The predicted octanol–water partition coefficient (Wildman–Crippen LogP) is 4.52. The molecule has 33 heavy (non-hydrogen) atoms. The van der Waals surface area contributed by atoms with Gasteiger partial charge in [-0.1, -0.05) is 71.7 Å². The summed E-state index contributed by atoms with van der Waals surface area (Å²) in [7, 11) is -4.16. The van der Waals surface area contributed by atoms with Crippen LogP contribution in [0.2, 0.25) is 10.0 Å². The summed E-state index contributed by atoms with van der Waals surface area (Å²) < 4.78 is 41.3. The summed E-state index contributed by atoms with van der Waals surface area (Å²) in [6.45, 7) is -0.508. The van der Waals surface area contributed by atoms with Crippen LogP contribution >= 0.6 is 23.2 Å². The lowest BCUT2D eigenvalue weighted by Gasteiger charge is -2.22. The van der Waals surface area contributed by atoms with Crippen molar-refractivity contribution in [2.24, 2.45) is 5.10 Å². The van der Waals surface area contributed by atoms with Crippen LogP contribution in [0.1, 0.15) is 11.1 Å². The number of hydrogen-bond donors (Lipinski definition) is 1. The molecule has 10 heteroatoms. The molecule has 6 nitrogen and oxygen atoms in total. The van der Waals surface area contributed by atoms with Gasteiger partial charge in [0.2, 0.25) is 10.0 Å². The fourth-order valence-electron chi connectivity index (χ4n) is 2.95. The summed E-state index contributed by atoms with van der Waals surface area (Å²) in [4.78, 5) is 12.3. The SMILES string of the molecule is O=C(CN(CCc1ccccc1)S(=O)(=O)c1cc(Cl)ccc1Cl)N/N=C\c1ccccc1F. The fourth-order valence-corrected chi connectivity index (χ4v) is 5.08. The highest BCUT2D eigenvalue weighted by Crippen LogP contribution is 2.28. The molecular weight excluding hydrogens is 488 g/mol. The molecule has 0 aliphatic carbocycles. The number of sulfonamides is 1. The maximum atomic E-state index is 13.7. The van der Waals surface area contributed by atoms with Gasteiger partial charge >= 0.3 is 0 Å². The van der Waals surface area contributed by atoms with Gasteiger partial charge in [-0.2, -0.15) is 9.41 Å². The second-order valence-corrected chi connectivity index (χ2v) is 9.71. The van der Waals surface area contributed by atoms with Crippen molar-refractivity contribution in [3.63, 3.8) is 0 Å². The van der Waals surface area contributed by atoms with Crippen molar-refractivity contribution in [3.05, 3.63) is 99.8 Å². The van der Waals surface area contributed by atoms with E-state index in [4.69, 9.17) is 23.2 Å². The molecule has 3 aromatic carbocycles. The van der Waals surface area contributed by atoms with Crippen molar-refractivity contribution in [3.8, 4) is 0 Å². The van der Waals surface area contributed by atoms with Crippen molar-refractivity contribution in [2.75, 3.05) is 13.1 Å². The normalized spacial score (nSPS) is 11.8. The third-order valence-corrected chi connectivity index (χ3v) is 7.18. The molecule has 0 atom stereocenters. The van der Waals surface area contributed by atoms with Crippen LogP contribution in [0.25, 0.3) is 0 Å². The monoisotopic (exact) mass is 507 g/mol. The summed E-state index contributed by atoms with van der Waals surface area (Å²) in [6.07, 6.45) is 1.51. The highest BCUT2D eigenvalue weighted by molar-refractivity contribution is 7.89. The van der Waals surface area contributed by atoms with E-state index in [0.29, 0.717) is 6.42 Å². The minimum Gasteiger partial charge on any atom is -0.272 e. The fraction of sp³-hybridized carbons (Fsp3) is 0.130. The lowest BCUT2D eigenvalue weighted by Crippen LogP contribution is -2.40. The number of rotatable bonds is 9. The van der Waals surface area contributed by atoms with E-state index in [9.17, 15) is 17.6 Å². The third-order valence-electron chi connectivity index (χ3n) is 4.62. The summed E-state index contributed by atoms with van der Waals surface area (Å²) in [5.74, 6) is -1.20. The Bertz CT molecular complexity index is 1250. The molecule has 0 heterocycles. The average molecular weight is 508 g/mol. The molecule has 1 amide bonds. The lowest BCUT2D eigenvalue weighted by molar-refractivity contribution is -0.121. The first-order valence-corrected chi connectivity index (χ1v) is 12.0. The van der Waals surface area contributed by atoms with Gasteiger partial charge in [-0.05, 0) is 36.2 Å². The minimum atomic E-state index is -4.16. The van der Waals surface area contributed by atoms with Gasteiger partial charge in [0.05, 0.1) is 17.8 Å². The maximum absolute atomic E-state index is 13.7. The molecule has 3 rings (SSSR count). The number of hydrogen-bond acceptors (Lipinski definition) is 4. The van der Waals surface area contributed by atoms with Gasteiger partial charge in [-0.15, -0.1) is 0 Å². The molecule has 0 aromatic heterocycles. The van der Waals surface area contributed by atoms with Gasteiger partial charge in [0.1, 0.15) is 10.7 Å². The molecule has 0 bridgehead atoms. The molecule has 0 aliphatic heterocycles. The first kappa shape index (κ1) is 24.9. The predicted molar refractivity (Wildman–Crippen MR) is 128 cm³/mol. The number of nitrogens with one attached hydrogen (secondary N) is 1. The van der Waals surface area contributed by atoms with Crippen molar-refractivity contribution < 1.29 is 17.6 Å². The van der Waals surface area contributed by atoms with Crippen molar-refractivity contribution in [1.29, 1.82) is 0 Å². The molecule has 0 fully saturated rings. The van der Waals surface area contributed by atoms with E-state index in [1.807, 2.05) is 30.3 Å². The van der Waals surface area contributed by atoms with Crippen LogP contribution in [0.5, 0.6) is 0 Å². The van der Waals surface area contributed by atoms with Crippen LogP contribution in [0.4, 0.5) is 4.39 Å². The van der Waals surface area contributed by atoms with Gasteiger partial charge in [0.25, 0.3) is 5.91 Å². The van der Waals surface area contributed by atoms with Crippen LogP contribution in [0.3, 0.4) is 0 Å². The molecule has 3 aromatic rings. The zero-order valence-electron chi connectivity index (χ0n) is 17.3. The smallest absolute Gasteiger partial charge is 0.255 e. The zero-order valence-corrected chi connectivity index (χ0v) is 19.6. The van der Waals surface area contributed by atoms with E-state index in [1.165, 1.54) is 36.4 Å². The molecule has 0 spiro atoms. The number of amides is 1.